The van der Waals surface area contributed by atoms with Crippen molar-refractivity contribution in [3.63, 3.8) is 0 Å². The molecule has 1 unspecified atom stereocenters. The van der Waals surface area contributed by atoms with Crippen molar-refractivity contribution in [2.45, 2.75) is 39.3 Å². The summed E-state index contributed by atoms with van der Waals surface area (Å²) in [6.45, 7) is 11.1. The molecule has 19 heavy (non-hydrogen) atoms. The fourth-order valence-corrected chi connectivity index (χ4v) is 1.52. The SMILES string of the molecule is CCOCCOCC(O)CNCCCN(C)C(C)C. The molecular formula is C14H32N2O3. The summed E-state index contributed by atoms with van der Waals surface area (Å²) in [5, 5.41) is 12.9. The van der Waals surface area contributed by atoms with Gasteiger partial charge in [-0.3, -0.25) is 0 Å². The minimum atomic E-state index is -0.440. The van der Waals surface area contributed by atoms with Crippen molar-refractivity contribution in [3.05, 3.63) is 0 Å². The van der Waals surface area contributed by atoms with Crippen LogP contribution in [0.4, 0.5) is 0 Å². The molecule has 5 heteroatoms. The number of aliphatic hydroxyl groups is 1. The van der Waals surface area contributed by atoms with Gasteiger partial charge in [-0.15, -0.1) is 0 Å². The lowest BCUT2D eigenvalue weighted by Gasteiger charge is -2.21. The van der Waals surface area contributed by atoms with Crippen molar-refractivity contribution in [1.29, 1.82) is 0 Å². The van der Waals surface area contributed by atoms with Crippen molar-refractivity contribution in [2.24, 2.45) is 0 Å². The van der Waals surface area contributed by atoms with Gasteiger partial charge >= 0.3 is 0 Å². The Morgan fingerprint density at radius 1 is 1.21 bits per heavy atom. The van der Waals surface area contributed by atoms with Crippen LogP contribution in [0.5, 0.6) is 0 Å². The Morgan fingerprint density at radius 3 is 2.53 bits per heavy atom. The van der Waals surface area contributed by atoms with Crippen LogP contribution < -0.4 is 5.32 Å². The molecule has 0 radical (unpaired) electrons. The van der Waals surface area contributed by atoms with E-state index in [4.69, 9.17) is 9.47 Å². The number of hydrogen-bond acceptors (Lipinski definition) is 5. The summed E-state index contributed by atoms with van der Waals surface area (Å²) >= 11 is 0. The van der Waals surface area contributed by atoms with E-state index >= 15 is 0 Å². The van der Waals surface area contributed by atoms with Crippen LogP contribution in [0.3, 0.4) is 0 Å². The Morgan fingerprint density at radius 2 is 1.89 bits per heavy atom. The van der Waals surface area contributed by atoms with Gasteiger partial charge in [0, 0.05) is 19.2 Å². The normalized spacial score (nSPS) is 13.4. The second-order valence-corrected chi connectivity index (χ2v) is 5.06. The van der Waals surface area contributed by atoms with Gasteiger partial charge in [-0.1, -0.05) is 0 Å². The van der Waals surface area contributed by atoms with Crippen LogP contribution in [0.2, 0.25) is 0 Å². The average Bonchev–Trinajstić information content (AvgIpc) is 2.37. The topological polar surface area (TPSA) is 54.0 Å². The molecule has 0 saturated carbocycles. The Labute approximate surface area is 118 Å². The zero-order valence-electron chi connectivity index (χ0n) is 13.0. The lowest BCUT2D eigenvalue weighted by molar-refractivity contribution is 0.00652. The maximum absolute atomic E-state index is 9.66. The molecule has 0 fully saturated rings. The predicted octanol–water partition coefficient (Wildman–Crippen LogP) is 0.720. The molecule has 0 spiro atoms. The van der Waals surface area contributed by atoms with Gasteiger partial charge in [0.1, 0.15) is 0 Å². The van der Waals surface area contributed by atoms with Crippen LogP contribution in [0.1, 0.15) is 27.2 Å². The third-order valence-electron chi connectivity index (χ3n) is 3.01. The van der Waals surface area contributed by atoms with Crippen molar-refractivity contribution < 1.29 is 14.6 Å². The first kappa shape index (κ1) is 18.8. The third-order valence-corrected chi connectivity index (χ3v) is 3.01. The Hall–Kier alpha value is -0.200. The highest BCUT2D eigenvalue weighted by Gasteiger charge is 2.04. The van der Waals surface area contributed by atoms with E-state index < -0.39 is 6.10 Å². The first-order valence-electron chi connectivity index (χ1n) is 7.32. The molecule has 0 bridgehead atoms. The van der Waals surface area contributed by atoms with E-state index in [0.717, 1.165) is 19.5 Å². The molecule has 1 atom stereocenters. The first-order chi connectivity index (χ1) is 9.07. The predicted molar refractivity (Wildman–Crippen MR) is 78.6 cm³/mol. The minimum absolute atomic E-state index is 0.367. The van der Waals surface area contributed by atoms with Crippen LogP contribution in [0, 0.1) is 0 Å². The van der Waals surface area contributed by atoms with E-state index in [1.54, 1.807) is 0 Å². The first-order valence-corrected chi connectivity index (χ1v) is 7.32. The van der Waals surface area contributed by atoms with Crippen molar-refractivity contribution in [3.8, 4) is 0 Å². The summed E-state index contributed by atoms with van der Waals surface area (Å²) in [5.74, 6) is 0. The van der Waals surface area contributed by atoms with Crippen LogP contribution in [-0.4, -0.2) is 75.3 Å². The molecule has 0 aliphatic rings. The number of hydrogen-bond donors (Lipinski definition) is 2. The lowest BCUT2D eigenvalue weighted by Crippen LogP contribution is -2.33. The highest BCUT2D eigenvalue weighted by molar-refractivity contribution is 4.61. The van der Waals surface area contributed by atoms with Gasteiger partial charge in [-0.2, -0.15) is 0 Å². The van der Waals surface area contributed by atoms with Crippen LogP contribution in [-0.2, 0) is 9.47 Å². The van der Waals surface area contributed by atoms with Gasteiger partial charge in [0.2, 0.25) is 0 Å². The fourth-order valence-electron chi connectivity index (χ4n) is 1.52. The van der Waals surface area contributed by atoms with Gasteiger partial charge in [0.25, 0.3) is 0 Å². The zero-order valence-corrected chi connectivity index (χ0v) is 13.0. The molecular weight excluding hydrogens is 244 g/mol. The highest BCUT2D eigenvalue weighted by Crippen LogP contribution is 1.94. The Balaban J connectivity index is 3.27. The average molecular weight is 276 g/mol. The summed E-state index contributed by atoms with van der Waals surface area (Å²) in [6, 6.07) is 0.587. The van der Waals surface area contributed by atoms with E-state index in [0.29, 0.717) is 39.0 Å². The lowest BCUT2D eigenvalue weighted by atomic mass is 10.3. The van der Waals surface area contributed by atoms with Crippen LogP contribution in [0.25, 0.3) is 0 Å². The maximum Gasteiger partial charge on any atom is 0.0897 e. The molecule has 0 rings (SSSR count). The standard InChI is InChI=1S/C14H32N2O3/c1-5-18-9-10-19-12-14(17)11-15-7-6-8-16(4)13(2)3/h13-15,17H,5-12H2,1-4H3. The number of ether oxygens (including phenoxy) is 2. The van der Waals surface area contributed by atoms with E-state index in [1.807, 2.05) is 6.92 Å². The van der Waals surface area contributed by atoms with Crippen molar-refractivity contribution >= 4 is 0 Å². The van der Waals surface area contributed by atoms with Crippen molar-refractivity contribution in [2.75, 3.05) is 53.1 Å². The smallest absolute Gasteiger partial charge is 0.0897 e. The molecule has 0 aliphatic carbocycles. The maximum atomic E-state index is 9.66. The van der Waals surface area contributed by atoms with Crippen LogP contribution >= 0.6 is 0 Å². The third kappa shape index (κ3) is 12.6. The van der Waals surface area contributed by atoms with Gasteiger partial charge in [-0.25, -0.2) is 0 Å². The number of nitrogens with one attached hydrogen (secondary N) is 1. The van der Waals surface area contributed by atoms with Gasteiger partial charge in [0.05, 0.1) is 25.9 Å². The zero-order chi connectivity index (χ0) is 14.5. The second-order valence-electron chi connectivity index (χ2n) is 5.06. The number of nitrogens with zero attached hydrogens (tertiary/aromatic N) is 1. The molecule has 0 amide bonds. The van der Waals surface area contributed by atoms with E-state index in [1.165, 1.54) is 0 Å². The Bertz CT molecular complexity index is 192. The van der Waals surface area contributed by atoms with Crippen molar-refractivity contribution in [1.82, 2.24) is 10.2 Å². The molecule has 0 aliphatic heterocycles. The highest BCUT2D eigenvalue weighted by atomic mass is 16.5. The van der Waals surface area contributed by atoms with E-state index in [-0.39, 0.29) is 0 Å². The summed E-state index contributed by atoms with van der Waals surface area (Å²) < 4.78 is 10.4. The summed E-state index contributed by atoms with van der Waals surface area (Å²) in [5.41, 5.74) is 0. The van der Waals surface area contributed by atoms with Gasteiger partial charge in [0.15, 0.2) is 0 Å². The molecule has 0 aromatic carbocycles. The summed E-state index contributed by atoms with van der Waals surface area (Å²) in [6.07, 6.45) is 0.650. The summed E-state index contributed by atoms with van der Waals surface area (Å²) in [4.78, 5) is 2.31. The second kappa shape index (κ2) is 12.8. The van der Waals surface area contributed by atoms with E-state index in [9.17, 15) is 5.11 Å². The minimum Gasteiger partial charge on any atom is -0.389 e. The number of rotatable bonds is 13. The van der Waals surface area contributed by atoms with Crippen LogP contribution in [0.15, 0.2) is 0 Å². The van der Waals surface area contributed by atoms with Gasteiger partial charge < -0.3 is 24.8 Å². The number of aliphatic hydroxyl groups excluding tert-OH is 1. The van der Waals surface area contributed by atoms with E-state index in [2.05, 4.69) is 31.1 Å². The Kier molecular flexibility index (Phi) is 12.7. The molecule has 5 nitrogen and oxygen atoms in total. The fraction of sp³-hybridized carbons (Fsp3) is 1.00. The monoisotopic (exact) mass is 276 g/mol. The molecule has 0 aromatic heterocycles. The quantitative estimate of drug-likeness (QED) is 0.486. The summed E-state index contributed by atoms with van der Waals surface area (Å²) in [7, 11) is 2.13. The molecule has 116 valence electrons. The molecule has 0 saturated heterocycles. The molecule has 2 N–H and O–H groups in total. The molecule has 0 aromatic rings. The van der Waals surface area contributed by atoms with Gasteiger partial charge in [-0.05, 0) is 47.3 Å². The largest absolute Gasteiger partial charge is 0.389 e. The molecule has 0 heterocycles.